The van der Waals surface area contributed by atoms with Crippen LogP contribution in [-0.2, 0) is 0 Å². The van der Waals surface area contributed by atoms with Crippen molar-refractivity contribution >= 4 is 97.9 Å². The van der Waals surface area contributed by atoms with Crippen molar-refractivity contribution < 1.29 is 0 Å². The molecule has 1 atom stereocenters. The zero-order valence-corrected chi connectivity index (χ0v) is 30.5. The predicted octanol–water partition coefficient (Wildman–Crippen LogP) is 13.5. The highest BCUT2D eigenvalue weighted by molar-refractivity contribution is 7.25. The van der Waals surface area contributed by atoms with Crippen LogP contribution in [0.4, 0.5) is 0 Å². The third-order valence-electron chi connectivity index (χ3n) is 10.8. The summed E-state index contributed by atoms with van der Waals surface area (Å²) in [6, 6.07) is 60.5. The molecule has 0 fully saturated rings. The number of rotatable bonds is 4. The smallest absolute Gasteiger partial charge is 0.159 e. The molecule has 1 aromatic heterocycles. The molecule has 1 aliphatic rings. The van der Waals surface area contributed by atoms with E-state index in [4.69, 9.17) is 21.6 Å². The molecule has 0 spiro atoms. The minimum atomic E-state index is -0.357. The van der Waals surface area contributed by atoms with Gasteiger partial charge in [-0.25, -0.2) is 9.98 Å². The first kappa shape index (κ1) is 31.2. The Labute approximate surface area is 320 Å². The zero-order valence-electron chi connectivity index (χ0n) is 28.9. The van der Waals surface area contributed by atoms with Gasteiger partial charge in [-0.05, 0) is 96.7 Å². The third-order valence-corrected chi connectivity index (χ3v) is 12.2. The second-order valence-electron chi connectivity index (χ2n) is 14.0. The molecular formula is C49H30ClN3S. The number of hydrogen-bond acceptors (Lipinski definition) is 4. The van der Waals surface area contributed by atoms with E-state index in [-0.39, 0.29) is 6.17 Å². The summed E-state index contributed by atoms with van der Waals surface area (Å²) in [5.74, 6) is 1.44. The van der Waals surface area contributed by atoms with E-state index in [1.54, 1.807) is 0 Å². The maximum Gasteiger partial charge on any atom is 0.159 e. The van der Waals surface area contributed by atoms with E-state index in [1.165, 1.54) is 63.3 Å². The van der Waals surface area contributed by atoms with Crippen molar-refractivity contribution in [3.63, 3.8) is 0 Å². The minimum Gasteiger partial charge on any atom is -0.344 e. The van der Waals surface area contributed by atoms with Crippen molar-refractivity contribution in [2.75, 3.05) is 0 Å². The zero-order chi connectivity index (χ0) is 35.8. The molecule has 54 heavy (non-hydrogen) atoms. The van der Waals surface area contributed by atoms with Crippen LogP contribution in [0.5, 0.6) is 0 Å². The fraction of sp³-hybridized carbons (Fsp3) is 0.0204. The Kier molecular flexibility index (Phi) is 7.16. The van der Waals surface area contributed by atoms with Crippen LogP contribution in [0.15, 0.2) is 180 Å². The lowest BCUT2D eigenvalue weighted by atomic mass is 9.98. The lowest BCUT2D eigenvalue weighted by molar-refractivity contribution is 0.675. The molecule has 9 aromatic carbocycles. The number of nitrogens with zero attached hydrogens (tertiary/aromatic N) is 2. The molecule has 0 amide bonds. The first-order valence-electron chi connectivity index (χ1n) is 18.1. The standard InChI is InChI=1S/C49H30ClN3S/c50-44-24-20-36(27-43(44)33-17-23-42-41-11-5-6-12-45(41)54-46(42)28-33)49-52-47(34-18-21-39-31(25-34)15-13-29-7-1-3-9-37(29)39)51-48(53-49)35-19-22-40-32(26-35)16-14-30-8-2-4-10-38(30)40/h1-28,47H,(H,51,52,53). The maximum atomic E-state index is 6.96. The minimum absolute atomic E-state index is 0.357. The van der Waals surface area contributed by atoms with E-state index in [2.05, 4.69) is 163 Å². The summed E-state index contributed by atoms with van der Waals surface area (Å²) in [4.78, 5) is 10.5. The van der Waals surface area contributed by atoms with Crippen LogP contribution in [0.1, 0.15) is 22.9 Å². The average Bonchev–Trinajstić information content (AvgIpc) is 3.61. The van der Waals surface area contributed by atoms with Gasteiger partial charge in [-0.2, -0.15) is 0 Å². The van der Waals surface area contributed by atoms with E-state index >= 15 is 0 Å². The van der Waals surface area contributed by atoms with Crippen molar-refractivity contribution in [2.45, 2.75) is 6.17 Å². The Morgan fingerprint density at radius 1 is 0.463 bits per heavy atom. The molecule has 3 nitrogen and oxygen atoms in total. The van der Waals surface area contributed by atoms with Crippen LogP contribution in [0.3, 0.4) is 0 Å². The van der Waals surface area contributed by atoms with Gasteiger partial charge in [0.1, 0.15) is 12.0 Å². The summed E-state index contributed by atoms with van der Waals surface area (Å²) in [6.07, 6.45) is -0.357. The molecule has 10 aromatic rings. The lowest BCUT2D eigenvalue weighted by Gasteiger charge is -2.24. The summed E-state index contributed by atoms with van der Waals surface area (Å²) in [5, 5.41) is 16.7. The summed E-state index contributed by atoms with van der Waals surface area (Å²) < 4.78 is 2.52. The number of halogens is 1. The number of hydrogen-bond donors (Lipinski definition) is 1. The fourth-order valence-electron chi connectivity index (χ4n) is 8.04. The Balaban J connectivity index is 1.05. The first-order valence-corrected chi connectivity index (χ1v) is 19.3. The van der Waals surface area contributed by atoms with E-state index in [0.29, 0.717) is 10.9 Å². The molecule has 1 N–H and O–H groups in total. The van der Waals surface area contributed by atoms with Gasteiger partial charge in [-0.1, -0.05) is 139 Å². The van der Waals surface area contributed by atoms with Gasteiger partial charge in [0.15, 0.2) is 5.84 Å². The van der Waals surface area contributed by atoms with Gasteiger partial charge in [0.05, 0.1) is 0 Å². The molecule has 0 bridgehead atoms. The Morgan fingerprint density at radius 2 is 1.06 bits per heavy atom. The Bertz CT molecular complexity index is 3230. The van der Waals surface area contributed by atoms with Gasteiger partial charge >= 0.3 is 0 Å². The van der Waals surface area contributed by atoms with Gasteiger partial charge < -0.3 is 5.32 Å². The van der Waals surface area contributed by atoms with E-state index in [1.807, 2.05) is 23.5 Å². The number of aliphatic imine (C=N–C) groups is 2. The highest BCUT2D eigenvalue weighted by atomic mass is 35.5. The third kappa shape index (κ3) is 5.18. The highest BCUT2D eigenvalue weighted by Gasteiger charge is 2.23. The van der Waals surface area contributed by atoms with Gasteiger partial charge in [-0.15, -0.1) is 11.3 Å². The molecule has 0 saturated heterocycles. The van der Waals surface area contributed by atoms with Gasteiger partial charge in [-0.3, -0.25) is 0 Å². The second-order valence-corrected chi connectivity index (χ2v) is 15.4. The van der Waals surface area contributed by atoms with Crippen LogP contribution in [-0.4, -0.2) is 11.7 Å². The molecule has 0 aliphatic carbocycles. The van der Waals surface area contributed by atoms with E-state index in [9.17, 15) is 0 Å². The van der Waals surface area contributed by atoms with E-state index < -0.39 is 0 Å². The molecule has 1 unspecified atom stereocenters. The number of amidine groups is 2. The Morgan fingerprint density at radius 3 is 1.85 bits per heavy atom. The normalized spacial score (nSPS) is 14.6. The molecule has 0 radical (unpaired) electrons. The number of thiophene rings is 1. The van der Waals surface area contributed by atoms with Crippen LogP contribution in [0.25, 0.3) is 74.4 Å². The van der Waals surface area contributed by atoms with Crippen molar-refractivity contribution in [1.29, 1.82) is 0 Å². The van der Waals surface area contributed by atoms with Crippen LogP contribution in [0, 0.1) is 0 Å². The lowest BCUT2D eigenvalue weighted by Crippen LogP contribution is -2.33. The van der Waals surface area contributed by atoms with Crippen molar-refractivity contribution in [1.82, 2.24) is 5.32 Å². The van der Waals surface area contributed by atoms with Crippen molar-refractivity contribution in [3.8, 4) is 11.1 Å². The first-order chi connectivity index (χ1) is 26.6. The van der Waals surface area contributed by atoms with E-state index in [0.717, 1.165) is 33.7 Å². The quantitative estimate of drug-likeness (QED) is 0.180. The number of fused-ring (bicyclic) bond motifs is 9. The molecule has 5 heteroatoms. The molecule has 1 aliphatic heterocycles. The topological polar surface area (TPSA) is 36.8 Å². The molecule has 254 valence electrons. The van der Waals surface area contributed by atoms with Crippen molar-refractivity contribution in [2.24, 2.45) is 9.98 Å². The van der Waals surface area contributed by atoms with Gasteiger partial charge in [0.25, 0.3) is 0 Å². The Hall–Kier alpha value is -6.33. The summed E-state index contributed by atoms with van der Waals surface area (Å²) >= 11 is 8.77. The molecule has 0 saturated carbocycles. The van der Waals surface area contributed by atoms with Gasteiger partial charge in [0, 0.05) is 41.9 Å². The van der Waals surface area contributed by atoms with Crippen molar-refractivity contribution in [3.05, 3.63) is 192 Å². The molecular weight excluding hydrogens is 698 g/mol. The average molecular weight is 728 g/mol. The predicted molar refractivity (Wildman–Crippen MR) is 232 cm³/mol. The van der Waals surface area contributed by atoms with Crippen LogP contribution < -0.4 is 5.32 Å². The summed E-state index contributed by atoms with van der Waals surface area (Å²) in [7, 11) is 0. The number of benzene rings is 9. The SMILES string of the molecule is Clc1ccc(C2=NC(c3ccc4c(ccc5ccccc54)c3)NC(c3ccc4c(ccc5ccccc54)c3)=N2)cc1-c1ccc2c(c1)sc1ccccc12. The monoisotopic (exact) mass is 727 g/mol. The van der Waals surface area contributed by atoms with Gasteiger partial charge in [0.2, 0.25) is 0 Å². The van der Waals surface area contributed by atoms with Crippen LogP contribution >= 0.6 is 22.9 Å². The number of nitrogens with one attached hydrogen (secondary N) is 1. The highest BCUT2D eigenvalue weighted by Crippen LogP contribution is 2.39. The maximum absolute atomic E-state index is 6.96. The molecule has 2 heterocycles. The summed E-state index contributed by atoms with van der Waals surface area (Å²) in [5.41, 5.74) is 5.01. The largest absolute Gasteiger partial charge is 0.344 e. The second kappa shape index (κ2) is 12.4. The summed E-state index contributed by atoms with van der Waals surface area (Å²) in [6.45, 7) is 0. The molecule has 11 rings (SSSR count). The fourth-order valence-corrected chi connectivity index (χ4v) is 9.41. The van der Waals surface area contributed by atoms with Crippen LogP contribution in [0.2, 0.25) is 5.02 Å².